The van der Waals surface area contributed by atoms with Crippen LogP contribution >= 0.6 is 21.6 Å². The number of nitrogens with zero attached hydrogens (tertiary/aromatic N) is 1. The number of benzene rings is 1. The van der Waals surface area contributed by atoms with E-state index in [1.165, 1.54) is 0 Å². The fourth-order valence-electron chi connectivity index (χ4n) is 1.18. The highest BCUT2D eigenvalue weighted by Crippen LogP contribution is 2.33. The molecular formula is C12H11NOS2. The lowest BCUT2D eigenvalue weighted by Crippen LogP contribution is -1.79. The number of aromatic hydroxyl groups is 1. The van der Waals surface area contributed by atoms with Crippen LogP contribution in [-0.4, -0.2) is 10.1 Å². The first-order valence-electron chi connectivity index (χ1n) is 4.83. The molecule has 0 atom stereocenters. The van der Waals surface area contributed by atoms with Crippen LogP contribution in [-0.2, 0) is 5.75 Å². The predicted molar refractivity (Wildman–Crippen MR) is 69.5 cm³/mol. The summed E-state index contributed by atoms with van der Waals surface area (Å²) in [6.45, 7) is 0. The highest BCUT2D eigenvalue weighted by atomic mass is 33.1. The molecule has 0 spiro atoms. The van der Waals surface area contributed by atoms with Gasteiger partial charge >= 0.3 is 0 Å². The standard InChI is InChI=1S/C12H11NOS2/c14-11-6-2-1-5-10(11)9-15-16-12-7-3-4-8-13-12/h1-8,14H,9H2. The highest BCUT2D eigenvalue weighted by molar-refractivity contribution is 8.76. The number of para-hydroxylation sites is 1. The van der Waals surface area contributed by atoms with E-state index in [2.05, 4.69) is 4.98 Å². The maximum Gasteiger partial charge on any atom is 0.119 e. The second-order valence-corrected chi connectivity index (χ2v) is 5.46. The van der Waals surface area contributed by atoms with E-state index in [-0.39, 0.29) is 0 Å². The Balaban J connectivity index is 1.87. The fraction of sp³-hybridized carbons (Fsp3) is 0.0833. The van der Waals surface area contributed by atoms with E-state index in [4.69, 9.17) is 0 Å². The van der Waals surface area contributed by atoms with E-state index in [1.54, 1.807) is 33.9 Å². The predicted octanol–water partition coefficient (Wildman–Crippen LogP) is 3.73. The number of rotatable bonds is 4. The summed E-state index contributed by atoms with van der Waals surface area (Å²) in [5.41, 5.74) is 0.955. The van der Waals surface area contributed by atoms with Crippen molar-refractivity contribution in [1.82, 2.24) is 4.98 Å². The Morgan fingerprint density at radius 2 is 1.88 bits per heavy atom. The zero-order valence-corrected chi connectivity index (χ0v) is 10.2. The van der Waals surface area contributed by atoms with Crippen LogP contribution < -0.4 is 0 Å². The average molecular weight is 249 g/mol. The molecule has 1 aromatic heterocycles. The van der Waals surface area contributed by atoms with Gasteiger partial charge in [-0.3, -0.25) is 0 Å². The molecule has 0 unspecified atom stereocenters. The lowest BCUT2D eigenvalue weighted by Gasteiger charge is -2.02. The van der Waals surface area contributed by atoms with Crippen molar-refractivity contribution >= 4 is 21.6 Å². The van der Waals surface area contributed by atoms with Gasteiger partial charge in [-0.2, -0.15) is 0 Å². The van der Waals surface area contributed by atoms with Gasteiger partial charge in [0, 0.05) is 17.5 Å². The molecule has 0 radical (unpaired) electrons. The van der Waals surface area contributed by atoms with Gasteiger partial charge in [0.05, 0.1) is 0 Å². The Kier molecular flexibility index (Phi) is 4.13. The third kappa shape index (κ3) is 3.18. The Morgan fingerprint density at radius 3 is 2.62 bits per heavy atom. The van der Waals surface area contributed by atoms with Crippen LogP contribution in [0.2, 0.25) is 0 Å². The first-order valence-corrected chi connectivity index (χ1v) is 7.15. The van der Waals surface area contributed by atoms with Crippen LogP contribution in [0.1, 0.15) is 5.56 Å². The van der Waals surface area contributed by atoms with Gasteiger partial charge < -0.3 is 5.11 Å². The quantitative estimate of drug-likeness (QED) is 0.837. The molecule has 2 rings (SSSR count). The third-order valence-corrected chi connectivity index (χ3v) is 4.17. The normalized spacial score (nSPS) is 10.2. The summed E-state index contributed by atoms with van der Waals surface area (Å²) in [7, 11) is 3.29. The number of hydrogen-bond donors (Lipinski definition) is 1. The maximum atomic E-state index is 9.57. The molecule has 0 saturated carbocycles. The molecule has 0 aliphatic heterocycles. The zero-order chi connectivity index (χ0) is 11.2. The first-order chi connectivity index (χ1) is 7.86. The van der Waals surface area contributed by atoms with E-state index in [9.17, 15) is 5.11 Å². The third-order valence-electron chi connectivity index (χ3n) is 1.99. The highest BCUT2D eigenvalue weighted by Gasteiger charge is 2.01. The summed E-state index contributed by atoms with van der Waals surface area (Å²) >= 11 is 0. The zero-order valence-electron chi connectivity index (χ0n) is 8.54. The molecule has 0 saturated heterocycles. The summed E-state index contributed by atoms with van der Waals surface area (Å²) < 4.78 is 0. The van der Waals surface area contributed by atoms with Gasteiger partial charge in [0.15, 0.2) is 0 Å². The minimum Gasteiger partial charge on any atom is -0.508 e. The van der Waals surface area contributed by atoms with Gasteiger partial charge in [0.25, 0.3) is 0 Å². The molecule has 16 heavy (non-hydrogen) atoms. The van der Waals surface area contributed by atoms with Crippen LogP contribution in [0.15, 0.2) is 53.7 Å². The van der Waals surface area contributed by atoms with Crippen LogP contribution in [0.4, 0.5) is 0 Å². The number of aromatic nitrogens is 1. The Hall–Kier alpha value is -1.13. The van der Waals surface area contributed by atoms with Crippen molar-refractivity contribution in [2.24, 2.45) is 0 Å². The minimum atomic E-state index is 0.358. The van der Waals surface area contributed by atoms with Crippen molar-refractivity contribution in [2.75, 3.05) is 0 Å². The van der Waals surface area contributed by atoms with E-state index in [0.29, 0.717) is 5.75 Å². The second-order valence-electron chi connectivity index (χ2n) is 3.14. The maximum absolute atomic E-state index is 9.57. The number of pyridine rings is 1. The van der Waals surface area contributed by atoms with Gasteiger partial charge in [-0.15, -0.1) is 0 Å². The smallest absolute Gasteiger partial charge is 0.119 e. The van der Waals surface area contributed by atoms with Crippen molar-refractivity contribution < 1.29 is 5.11 Å². The van der Waals surface area contributed by atoms with E-state index < -0.39 is 0 Å². The molecule has 1 heterocycles. The van der Waals surface area contributed by atoms with Crippen molar-refractivity contribution in [3.8, 4) is 5.75 Å². The number of hydrogen-bond acceptors (Lipinski definition) is 4. The molecule has 2 nitrogen and oxygen atoms in total. The summed E-state index contributed by atoms with van der Waals surface area (Å²) in [6, 6.07) is 13.2. The van der Waals surface area contributed by atoms with Crippen molar-refractivity contribution in [1.29, 1.82) is 0 Å². The van der Waals surface area contributed by atoms with Crippen molar-refractivity contribution in [3.05, 3.63) is 54.2 Å². The largest absolute Gasteiger partial charge is 0.508 e. The molecule has 0 aliphatic carbocycles. The van der Waals surface area contributed by atoms with Crippen LogP contribution in [0.25, 0.3) is 0 Å². The summed E-state index contributed by atoms with van der Waals surface area (Å²) in [5.74, 6) is 1.13. The Labute approximate surface area is 103 Å². The minimum absolute atomic E-state index is 0.358. The van der Waals surface area contributed by atoms with E-state index in [1.807, 2.05) is 36.4 Å². The molecule has 1 aromatic carbocycles. The molecule has 0 fully saturated rings. The Bertz CT molecular complexity index is 448. The monoisotopic (exact) mass is 249 g/mol. The first kappa shape index (κ1) is 11.4. The fourth-order valence-corrected chi connectivity index (χ4v) is 3.19. The summed E-state index contributed by atoms with van der Waals surface area (Å²) in [5, 5.41) is 10.6. The van der Waals surface area contributed by atoms with Gasteiger partial charge in [0.1, 0.15) is 10.8 Å². The number of phenolic OH excluding ortho intramolecular Hbond substituents is 1. The van der Waals surface area contributed by atoms with Crippen LogP contribution in [0, 0.1) is 0 Å². The number of phenols is 1. The van der Waals surface area contributed by atoms with Crippen LogP contribution in [0.5, 0.6) is 5.75 Å². The Morgan fingerprint density at radius 1 is 1.06 bits per heavy atom. The summed E-state index contributed by atoms with van der Waals surface area (Å²) in [6.07, 6.45) is 1.78. The lowest BCUT2D eigenvalue weighted by molar-refractivity contribution is 0.470. The molecule has 82 valence electrons. The molecule has 0 bridgehead atoms. The van der Waals surface area contributed by atoms with Gasteiger partial charge in [-0.25, -0.2) is 4.98 Å². The molecule has 2 aromatic rings. The molecule has 0 amide bonds. The van der Waals surface area contributed by atoms with Crippen molar-refractivity contribution in [2.45, 2.75) is 10.8 Å². The average Bonchev–Trinajstić information content (AvgIpc) is 2.33. The second kappa shape index (κ2) is 5.82. The van der Waals surface area contributed by atoms with Gasteiger partial charge in [0.2, 0.25) is 0 Å². The topological polar surface area (TPSA) is 33.1 Å². The SMILES string of the molecule is Oc1ccccc1CSSc1ccccn1. The molecular weight excluding hydrogens is 238 g/mol. The van der Waals surface area contributed by atoms with E-state index in [0.717, 1.165) is 16.3 Å². The molecule has 1 N–H and O–H groups in total. The molecule has 0 aliphatic rings. The molecule has 4 heteroatoms. The van der Waals surface area contributed by atoms with Gasteiger partial charge in [-0.05, 0) is 29.0 Å². The van der Waals surface area contributed by atoms with E-state index >= 15 is 0 Å². The summed E-state index contributed by atoms with van der Waals surface area (Å²) in [4.78, 5) is 4.21. The lowest BCUT2D eigenvalue weighted by atomic mass is 10.2. The van der Waals surface area contributed by atoms with Crippen molar-refractivity contribution in [3.63, 3.8) is 0 Å². The van der Waals surface area contributed by atoms with Gasteiger partial charge in [-0.1, -0.05) is 35.1 Å². The van der Waals surface area contributed by atoms with Crippen LogP contribution in [0.3, 0.4) is 0 Å².